The summed E-state index contributed by atoms with van der Waals surface area (Å²) in [5, 5.41) is 8.79. The maximum absolute atomic E-state index is 13.1. The van der Waals surface area contributed by atoms with Gasteiger partial charge in [-0.1, -0.05) is 54.6 Å². The topological polar surface area (TPSA) is 132 Å². The highest BCUT2D eigenvalue weighted by Gasteiger charge is 2.27. The number of aryl methyl sites for hydroxylation is 1. The van der Waals surface area contributed by atoms with E-state index in [1.807, 2.05) is 69.3 Å². The van der Waals surface area contributed by atoms with Gasteiger partial charge in [-0.3, -0.25) is 10.1 Å². The Morgan fingerprint density at radius 1 is 0.830 bits per heavy atom. The Bertz CT molecular complexity index is 1510. The fourth-order valence-electron chi connectivity index (χ4n) is 5.43. The Labute approximate surface area is 276 Å². The molecule has 3 amide bonds. The SMILES string of the molecule is COC(=O)c1ccc(CNC(=O)CCCc2ccc(-c3ccccc3)c(NC(=O)O[C@H]3CC[C@H](NC(=O)OC(C)(C)C)CC3)c2)cc1. The Morgan fingerprint density at radius 3 is 2.17 bits per heavy atom. The zero-order valence-electron chi connectivity index (χ0n) is 27.6. The van der Waals surface area contributed by atoms with Crippen molar-refractivity contribution >= 4 is 29.8 Å². The van der Waals surface area contributed by atoms with Crippen LogP contribution in [0.25, 0.3) is 11.1 Å². The van der Waals surface area contributed by atoms with E-state index in [1.165, 1.54) is 7.11 Å². The van der Waals surface area contributed by atoms with E-state index in [1.54, 1.807) is 24.3 Å². The number of ether oxygens (including phenoxy) is 3. The Hall–Kier alpha value is -4.86. The van der Waals surface area contributed by atoms with Crippen LogP contribution >= 0.6 is 0 Å². The Balaban J connectivity index is 1.28. The van der Waals surface area contributed by atoms with Gasteiger partial charge in [-0.2, -0.15) is 0 Å². The highest BCUT2D eigenvalue weighted by molar-refractivity contribution is 5.92. The lowest BCUT2D eigenvalue weighted by Gasteiger charge is -2.30. The zero-order chi connectivity index (χ0) is 33.8. The molecule has 1 saturated carbocycles. The molecule has 0 unspecified atom stereocenters. The number of hydrogen-bond donors (Lipinski definition) is 3. The van der Waals surface area contributed by atoms with Crippen molar-refractivity contribution in [3.63, 3.8) is 0 Å². The summed E-state index contributed by atoms with van der Waals surface area (Å²) in [6, 6.07) is 22.6. The summed E-state index contributed by atoms with van der Waals surface area (Å²) in [6.07, 6.45) is 3.07. The highest BCUT2D eigenvalue weighted by atomic mass is 16.6. The van der Waals surface area contributed by atoms with Crippen molar-refractivity contribution in [2.75, 3.05) is 12.4 Å². The number of nitrogens with one attached hydrogen (secondary N) is 3. The van der Waals surface area contributed by atoms with Gasteiger partial charge in [0.1, 0.15) is 11.7 Å². The van der Waals surface area contributed by atoms with Gasteiger partial charge in [0.05, 0.1) is 18.4 Å². The molecule has 0 aromatic heterocycles. The number of hydrogen-bond acceptors (Lipinski definition) is 7. The molecule has 0 bridgehead atoms. The van der Waals surface area contributed by atoms with Crippen LogP contribution in [0.1, 0.15) is 80.8 Å². The van der Waals surface area contributed by atoms with Crippen LogP contribution < -0.4 is 16.0 Å². The minimum Gasteiger partial charge on any atom is -0.465 e. The molecule has 0 atom stereocenters. The molecule has 3 N–H and O–H groups in total. The molecule has 1 aliphatic rings. The van der Waals surface area contributed by atoms with E-state index in [2.05, 4.69) is 16.0 Å². The third-order valence-electron chi connectivity index (χ3n) is 7.81. The number of benzene rings is 3. The molecule has 3 aromatic carbocycles. The third-order valence-corrected chi connectivity index (χ3v) is 7.81. The van der Waals surface area contributed by atoms with Crippen molar-refractivity contribution in [3.8, 4) is 11.1 Å². The predicted molar refractivity (Wildman–Crippen MR) is 180 cm³/mol. The molecule has 0 heterocycles. The first kappa shape index (κ1) is 35.0. The summed E-state index contributed by atoms with van der Waals surface area (Å²) < 4.78 is 15.9. The zero-order valence-corrected chi connectivity index (χ0v) is 27.6. The quantitative estimate of drug-likeness (QED) is 0.149. The van der Waals surface area contributed by atoms with E-state index in [0.29, 0.717) is 62.7 Å². The molecule has 10 heteroatoms. The number of esters is 1. The molecular weight excluding hydrogens is 598 g/mol. The van der Waals surface area contributed by atoms with Crippen LogP contribution in [0.3, 0.4) is 0 Å². The van der Waals surface area contributed by atoms with Crippen molar-refractivity contribution < 1.29 is 33.4 Å². The molecule has 0 aliphatic heterocycles. The molecule has 1 fully saturated rings. The average molecular weight is 644 g/mol. The molecule has 250 valence electrons. The Kier molecular flexibility index (Phi) is 12.4. The van der Waals surface area contributed by atoms with Crippen molar-refractivity contribution in [1.29, 1.82) is 0 Å². The van der Waals surface area contributed by atoms with Crippen LogP contribution in [0.5, 0.6) is 0 Å². The van der Waals surface area contributed by atoms with Gasteiger partial charge >= 0.3 is 18.2 Å². The number of anilines is 1. The lowest BCUT2D eigenvalue weighted by atomic mass is 9.93. The van der Waals surface area contributed by atoms with Gasteiger partial charge in [0, 0.05) is 24.6 Å². The van der Waals surface area contributed by atoms with E-state index in [9.17, 15) is 19.2 Å². The minimum atomic E-state index is -0.559. The lowest BCUT2D eigenvalue weighted by molar-refractivity contribution is -0.121. The molecule has 47 heavy (non-hydrogen) atoms. The first-order valence-corrected chi connectivity index (χ1v) is 16.1. The van der Waals surface area contributed by atoms with Crippen LogP contribution in [0.2, 0.25) is 0 Å². The van der Waals surface area contributed by atoms with Crippen LogP contribution in [0.4, 0.5) is 15.3 Å². The fraction of sp³-hybridized carbons (Fsp3) is 0.405. The highest BCUT2D eigenvalue weighted by Crippen LogP contribution is 2.30. The molecule has 10 nitrogen and oxygen atoms in total. The second-order valence-corrected chi connectivity index (χ2v) is 12.7. The predicted octanol–water partition coefficient (Wildman–Crippen LogP) is 7.16. The first-order valence-electron chi connectivity index (χ1n) is 16.1. The summed E-state index contributed by atoms with van der Waals surface area (Å²) >= 11 is 0. The number of alkyl carbamates (subject to hydrolysis) is 1. The van der Waals surface area contributed by atoms with Gasteiger partial charge in [-0.25, -0.2) is 14.4 Å². The monoisotopic (exact) mass is 643 g/mol. The van der Waals surface area contributed by atoms with Gasteiger partial charge in [-0.15, -0.1) is 0 Å². The number of amides is 3. The summed E-state index contributed by atoms with van der Waals surface area (Å²) in [4.78, 5) is 49.3. The summed E-state index contributed by atoms with van der Waals surface area (Å²) in [6.45, 7) is 5.85. The van der Waals surface area contributed by atoms with Crippen LogP contribution in [0, 0.1) is 0 Å². The van der Waals surface area contributed by atoms with Gasteiger partial charge in [-0.05, 0) is 94.2 Å². The molecule has 0 spiro atoms. The first-order chi connectivity index (χ1) is 22.5. The largest absolute Gasteiger partial charge is 0.465 e. The third kappa shape index (κ3) is 11.5. The number of methoxy groups -OCH3 is 1. The van der Waals surface area contributed by atoms with Gasteiger partial charge in [0.25, 0.3) is 0 Å². The van der Waals surface area contributed by atoms with Crippen molar-refractivity contribution in [2.24, 2.45) is 0 Å². The standard InChI is InChI=1S/C37H45N3O7/c1-37(2,3)47-36(44)39-29-18-20-30(21-19-29)46-35(43)40-32-23-25(15-22-31(32)27-10-6-5-7-11-27)9-8-12-33(41)38-24-26-13-16-28(17-14-26)34(42)45-4/h5-7,10-11,13-17,22-23,29-30H,8-9,12,18-21,24H2,1-4H3,(H,38,41)(H,39,44)(H,40,43)/t29-,30-. The number of carbonyl (C=O) groups is 4. The average Bonchev–Trinajstić information content (AvgIpc) is 3.04. The van der Waals surface area contributed by atoms with Crippen LogP contribution in [-0.2, 0) is 32.0 Å². The van der Waals surface area contributed by atoms with E-state index >= 15 is 0 Å². The Morgan fingerprint density at radius 2 is 1.51 bits per heavy atom. The van der Waals surface area contributed by atoms with Crippen molar-refractivity contribution in [2.45, 2.75) is 90.0 Å². The van der Waals surface area contributed by atoms with E-state index < -0.39 is 23.8 Å². The van der Waals surface area contributed by atoms with Gasteiger partial charge < -0.3 is 24.8 Å². The maximum Gasteiger partial charge on any atom is 0.411 e. The van der Waals surface area contributed by atoms with E-state index in [4.69, 9.17) is 14.2 Å². The normalized spacial score (nSPS) is 16.0. The van der Waals surface area contributed by atoms with Crippen molar-refractivity contribution in [1.82, 2.24) is 10.6 Å². The molecule has 0 radical (unpaired) electrons. The second-order valence-electron chi connectivity index (χ2n) is 12.7. The smallest absolute Gasteiger partial charge is 0.411 e. The maximum atomic E-state index is 13.1. The molecule has 0 saturated heterocycles. The summed E-state index contributed by atoms with van der Waals surface area (Å²) in [7, 11) is 1.34. The van der Waals surface area contributed by atoms with Crippen molar-refractivity contribution in [3.05, 3.63) is 89.5 Å². The van der Waals surface area contributed by atoms with E-state index in [0.717, 1.165) is 22.3 Å². The van der Waals surface area contributed by atoms with E-state index in [-0.39, 0.29) is 18.1 Å². The second kappa shape index (κ2) is 16.6. The van der Waals surface area contributed by atoms with Gasteiger partial charge in [0.2, 0.25) is 5.91 Å². The summed E-state index contributed by atoms with van der Waals surface area (Å²) in [5.41, 5.74) is 4.24. The molecule has 3 aromatic rings. The van der Waals surface area contributed by atoms with Gasteiger partial charge in [0.15, 0.2) is 0 Å². The minimum absolute atomic E-state index is 0.0178. The number of rotatable bonds is 11. The fourth-order valence-corrected chi connectivity index (χ4v) is 5.43. The lowest BCUT2D eigenvalue weighted by Crippen LogP contribution is -2.42. The van der Waals surface area contributed by atoms with Crippen LogP contribution in [-0.4, -0.2) is 48.9 Å². The van der Waals surface area contributed by atoms with Crippen LogP contribution in [0.15, 0.2) is 72.8 Å². The molecular formula is C37H45N3O7. The molecule has 1 aliphatic carbocycles. The number of carbonyl (C=O) groups excluding carboxylic acids is 4. The molecule has 4 rings (SSSR count). The summed E-state index contributed by atoms with van der Waals surface area (Å²) in [5.74, 6) is -0.470.